The Morgan fingerprint density at radius 1 is 1.17 bits per heavy atom. The van der Waals surface area contributed by atoms with E-state index < -0.39 is 0 Å². The van der Waals surface area contributed by atoms with Gasteiger partial charge in [-0.05, 0) is 23.6 Å². The van der Waals surface area contributed by atoms with Crippen LogP contribution in [0.1, 0.15) is 26.3 Å². The van der Waals surface area contributed by atoms with Crippen molar-refractivity contribution >= 4 is 6.29 Å². The van der Waals surface area contributed by atoms with Gasteiger partial charge in [0, 0.05) is 5.92 Å². The molecule has 0 spiro atoms. The molecule has 0 aliphatic heterocycles. The first kappa shape index (κ1) is 14.7. The van der Waals surface area contributed by atoms with E-state index in [9.17, 15) is 4.79 Å². The van der Waals surface area contributed by atoms with E-state index in [1.807, 2.05) is 31.2 Å². The third-order valence-electron chi connectivity index (χ3n) is 2.99. The lowest BCUT2D eigenvalue weighted by Gasteiger charge is -2.24. The molecule has 1 aromatic carbocycles. The Balaban J connectivity index is 2.58. The Kier molecular flexibility index (Phi) is 5.86. The molecule has 100 valence electrons. The Morgan fingerprint density at radius 2 is 1.78 bits per heavy atom. The van der Waals surface area contributed by atoms with E-state index in [-0.39, 0.29) is 12.0 Å². The third kappa shape index (κ3) is 4.15. The maximum Gasteiger partial charge on any atom is 0.125 e. The van der Waals surface area contributed by atoms with Crippen LogP contribution in [0.5, 0.6) is 5.75 Å². The molecule has 2 atom stereocenters. The number of carbonyl (C=O) groups is 1. The molecular formula is C15H22O3. The predicted octanol–water partition coefficient (Wildman–Crippen LogP) is 3.07. The van der Waals surface area contributed by atoms with Gasteiger partial charge in [0.2, 0.25) is 0 Å². The molecule has 0 radical (unpaired) electrons. The van der Waals surface area contributed by atoms with Gasteiger partial charge in [0.15, 0.2) is 0 Å². The van der Waals surface area contributed by atoms with Crippen molar-refractivity contribution < 1.29 is 14.3 Å². The molecular weight excluding hydrogens is 228 g/mol. The Hall–Kier alpha value is -1.35. The molecule has 0 amide bonds. The standard InChI is InChI=1S/C15H22O3/c1-11(2)15(12(3)9-16)18-10-13-5-7-14(17-4)8-6-13/h5-9,11-12,15H,10H2,1-4H3/t12-,15+/m1/s1. The van der Waals surface area contributed by atoms with Gasteiger partial charge in [0.25, 0.3) is 0 Å². The largest absolute Gasteiger partial charge is 0.497 e. The lowest BCUT2D eigenvalue weighted by Crippen LogP contribution is -2.28. The van der Waals surface area contributed by atoms with Crippen LogP contribution in [0.3, 0.4) is 0 Å². The molecule has 18 heavy (non-hydrogen) atoms. The third-order valence-corrected chi connectivity index (χ3v) is 2.99. The zero-order valence-electron chi connectivity index (χ0n) is 11.6. The molecule has 0 aliphatic carbocycles. The molecule has 0 heterocycles. The highest BCUT2D eigenvalue weighted by atomic mass is 16.5. The molecule has 0 aliphatic rings. The highest BCUT2D eigenvalue weighted by Crippen LogP contribution is 2.18. The smallest absolute Gasteiger partial charge is 0.125 e. The van der Waals surface area contributed by atoms with E-state index in [0.717, 1.165) is 17.6 Å². The monoisotopic (exact) mass is 250 g/mol. The van der Waals surface area contributed by atoms with E-state index in [1.54, 1.807) is 7.11 Å². The van der Waals surface area contributed by atoms with Gasteiger partial charge in [0.05, 0.1) is 19.8 Å². The van der Waals surface area contributed by atoms with Crippen molar-refractivity contribution in [2.75, 3.05) is 7.11 Å². The number of aldehydes is 1. The summed E-state index contributed by atoms with van der Waals surface area (Å²) >= 11 is 0. The first-order chi connectivity index (χ1) is 8.58. The van der Waals surface area contributed by atoms with E-state index in [0.29, 0.717) is 12.5 Å². The second-order valence-electron chi connectivity index (χ2n) is 4.86. The van der Waals surface area contributed by atoms with Crippen LogP contribution in [-0.4, -0.2) is 19.5 Å². The predicted molar refractivity (Wildman–Crippen MR) is 71.6 cm³/mol. The summed E-state index contributed by atoms with van der Waals surface area (Å²) in [6.07, 6.45) is 0.920. The van der Waals surface area contributed by atoms with Crippen molar-refractivity contribution in [2.45, 2.75) is 33.5 Å². The van der Waals surface area contributed by atoms with Crippen LogP contribution in [0.2, 0.25) is 0 Å². The van der Waals surface area contributed by atoms with Crippen LogP contribution in [0, 0.1) is 11.8 Å². The van der Waals surface area contributed by atoms with Crippen molar-refractivity contribution in [1.82, 2.24) is 0 Å². The zero-order valence-corrected chi connectivity index (χ0v) is 11.6. The molecule has 0 unspecified atom stereocenters. The fourth-order valence-electron chi connectivity index (χ4n) is 1.94. The minimum Gasteiger partial charge on any atom is -0.497 e. The van der Waals surface area contributed by atoms with E-state index in [4.69, 9.17) is 9.47 Å². The van der Waals surface area contributed by atoms with Crippen LogP contribution in [0.4, 0.5) is 0 Å². The zero-order chi connectivity index (χ0) is 13.5. The van der Waals surface area contributed by atoms with E-state index >= 15 is 0 Å². The fourth-order valence-corrected chi connectivity index (χ4v) is 1.94. The summed E-state index contributed by atoms with van der Waals surface area (Å²) < 4.78 is 10.9. The highest BCUT2D eigenvalue weighted by molar-refractivity contribution is 5.53. The quantitative estimate of drug-likeness (QED) is 0.698. The topological polar surface area (TPSA) is 35.5 Å². The van der Waals surface area contributed by atoms with Gasteiger partial charge >= 0.3 is 0 Å². The molecule has 3 heteroatoms. The Morgan fingerprint density at radius 3 is 2.22 bits per heavy atom. The molecule has 0 aromatic heterocycles. The van der Waals surface area contributed by atoms with Gasteiger partial charge in [-0.25, -0.2) is 0 Å². The number of benzene rings is 1. The molecule has 0 bridgehead atoms. The van der Waals surface area contributed by atoms with Crippen molar-refractivity contribution in [3.05, 3.63) is 29.8 Å². The first-order valence-electron chi connectivity index (χ1n) is 6.28. The maximum absolute atomic E-state index is 10.8. The lowest BCUT2D eigenvalue weighted by atomic mass is 9.96. The van der Waals surface area contributed by atoms with Crippen molar-refractivity contribution in [3.63, 3.8) is 0 Å². The minimum atomic E-state index is -0.0803. The molecule has 0 saturated carbocycles. The number of rotatable bonds is 7. The highest BCUT2D eigenvalue weighted by Gasteiger charge is 2.21. The number of carbonyl (C=O) groups excluding carboxylic acids is 1. The minimum absolute atomic E-state index is 0.0374. The molecule has 0 saturated heterocycles. The average Bonchev–Trinajstić information content (AvgIpc) is 2.39. The Labute approximate surface area is 109 Å². The average molecular weight is 250 g/mol. The molecule has 0 fully saturated rings. The number of methoxy groups -OCH3 is 1. The van der Waals surface area contributed by atoms with E-state index in [1.165, 1.54) is 0 Å². The maximum atomic E-state index is 10.8. The summed E-state index contributed by atoms with van der Waals surface area (Å²) in [5.74, 6) is 1.08. The van der Waals surface area contributed by atoms with Crippen molar-refractivity contribution in [3.8, 4) is 5.75 Å². The second kappa shape index (κ2) is 7.17. The van der Waals surface area contributed by atoms with Crippen LogP contribution in [0.25, 0.3) is 0 Å². The normalized spacial score (nSPS) is 14.3. The van der Waals surface area contributed by atoms with Gasteiger partial charge in [0.1, 0.15) is 12.0 Å². The fraction of sp³-hybridized carbons (Fsp3) is 0.533. The van der Waals surface area contributed by atoms with Crippen LogP contribution >= 0.6 is 0 Å². The number of hydrogen-bond acceptors (Lipinski definition) is 3. The van der Waals surface area contributed by atoms with Gasteiger partial charge in [-0.1, -0.05) is 32.9 Å². The lowest BCUT2D eigenvalue weighted by molar-refractivity contribution is -0.117. The Bertz CT molecular complexity index is 357. The first-order valence-corrected chi connectivity index (χ1v) is 6.28. The van der Waals surface area contributed by atoms with Crippen molar-refractivity contribution in [2.24, 2.45) is 11.8 Å². The molecule has 0 N–H and O–H groups in total. The summed E-state index contributed by atoms with van der Waals surface area (Å²) in [6, 6.07) is 7.77. The molecule has 1 aromatic rings. The van der Waals surface area contributed by atoms with Crippen LogP contribution in [-0.2, 0) is 16.1 Å². The summed E-state index contributed by atoms with van der Waals surface area (Å²) in [7, 11) is 1.64. The molecule has 1 rings (SSSR count). The van der Waals surface area contributed by atoms with Gasteiger partial charge < -0.3 is 14.3 Å². The van der Waals surface area contributed by atoms with Gasteiger partial charge in [-0.3, -0.25) is 0 Å². The molecule has 3 nitrogen and oxygen atoms in total. The SMILES string of the molecule is COc1ccc(CO[C@@H](C(C)C)[C@H](C)C=O)cc1. The van der Waals surface area contributed by atoms with Crippen molar-refractivity contribution in [1.29, 1.82) is 0 Å². The van der Waals surface area contributed by atoms with Gasteiger partial charge in [-0.15, -0.1) is 0 Å². The second-order valence-corrected chi connectivity index (χ2v) is 4.86. The van der Waals surface area contributed by atoms with Gasteiger partial charge in [-0.2, -0.15) is 0 Å². The van der Waals surface area contributed by atoms with Crippen LogP contribution in [0.15, 0.2) is 24.3 Å². The number of hydrogen-bond donors (Lipinski definition) is 0. The summed E-state index contributed by atoms with van der Waals surface area (Å²) in [4.78, 5) is 10.8. The van der Waals surface area contributed by atoms with E-state index in [2.05, 4.69) is 13.8 Å². The summed E-state index contributed by atoms with van der Waals surface area (Å²) in [5.41, 5.74) is 1.08. The number of ether oxygens (including phenoxy) is 2. The summed E-state index contributed by atoms with van der Waals surface area (Å²) in [6.45, 7) is 6.55. The summed E-state index contributed by atoms with van der Waals surface area (Å²) in [5, 5.41) is 0. The van der Waals surface area contributed by atoms with Crippen LogP contribution < -0.4 is 4.74 Å².